The van der Waals surface area contributed by atoms with E-state index < -0.39 is 11.9 Å². The third kappa shape index (κ3) is 2.52. The van der Waals surface area contributed by atoms with E-state index in [0.717, 1.165) is 4.57 Å². The highest BCUT2D eigenvalue weighted by Crippen LogP contribution is 2.49. The second kappa shape index (κ2) is 6.16. The molecule has 5 nitrogen and oxygen atoms in total. The molecule has 4 aromatic rings. The summed E-state index contributed by atoms with van der Waals surface area (Å²) >= 11 is 0. The minimum Gasteiger partial charge on any atom is -0.436 e. The first kappa shape index (κ1) is 17.4. The quantitative estimate of drug-likeness (QED) is 0.491. The van der Waals surface area contributed by atoms with Crippen LogP contribution in [-0.2, 0) is 10.5 Å². The van der Waals surface area contributed by atoms with E-state index in [1.54, 1.807) is 54.6 Å². The van der Waals surface area contributed by atoms with E-state index in [4.69, 9.17) is 4.74 Å². The second-order valence-corrected chi connectivity index (χ2v) is 6.50. The minimum absolute atomic E-state index is 0.0757. The monoisotopic (exact) mass is 394 g/mol. The van der Waals surface area contributed by atoms with Crippen LogP contribution in [0.2, 0.25) is 0 Å². The van der Waals surface area contributed by atoms with Crippen molar-refractivity contribution in [3.05, 3.63) is 90.3 Å². The number of pyridine rings is 1. The van der Waals surface area contributed by atoms with Crippen LogP contribution in [0.25, 0.3) is 11.0 Å². The summed E-state index contributed by atoms with van der Waals surface area (Å²) < 4.78 is 51.2. The number of imidazole rings is 1. The SMILES string of the molecule is FC(F)(F)[C@]1(c2ccccc2)OC(c2cccnc2)=Nc2nc3ccccc3n21. The number of ether oxygens (including phenoxy) is 1. The van der Waals surface area contributed by atoms with E-state index in [1.807, 2.05) is 0 Å². The molecule has 1 aliphatic rings. The summed E-state index contributed by atoms with van der Waals surface area (Å²) in [5.74, 6) is -0.278. The zero-order valence-corrected chi connectivity index (χ0v) is 14.8. The van der Waals surface area contributed by atoms with E-state index in [9.17, 15) is 13.2 Å². The van der Waals surface area contributed by atoms with E-state index in [-0.39, 0.29) is 22.9 Å². The fraction of sp³-hybridized carbons (Fsp3) is 0.0952. The lowest BCUT2D eigenvalue weighted by atomic mass is 10.00. The van der Waals surface area contributed by atoms with Gasteiger partial charge in [0.1, 0.15) is 0 Å². The predicted octanol–water partition coefficient (Wildman–Crippen LogP) is 4.80. The molecule has 2 aromatic carbocycles. The Morgan fingerprint density at radius 3 is 2.38 bits per heavy atom. The standard InChI is InChI=1S/C21H13F3N4O/c22-21(23,24)20(15-8-2-1-3-9-15)28-17-11-5-4-10-16(17)26-19(28)27-18(29-20)14-7-6-12-25-13-14/h1-13H/t20-/m0/s1. The number of fused-ring (bicyclic) bond motifs is 3. The molecule has 0 aliphatic carbocycles. The highest BCUT2D eigenvalue weighted by Gasteiger charge is 2.63. The lowest BCUT2D eigenvalue weighted by molar-refractivity contribution is -0.271. The Kier molecular flexibility index (Phi) is 3.70. The van der Waals surface area contributed by atoms with Crippen LogP contribution >= 0.6 is 0 Å². The number of rotatable bonds is 2. The number of halogens is 3. The maximum atomic E-state index is 14.8. The molecule has 0 amide bonds. The number of nitrogens with zero attached hydrogens (tertiary/aromatic N) is 4. The summed E-state index contributed by atoms with van der Waals surface area (Å²) in [5, 5.41) is 0. The molecule has 8 heteroatoms. The second-order valence-electron chi connectivity index (χ2n) is 6.50. The summed E-state index contributed by atoms with van der Waals surface area (Å²) in [6.45, 7) is 0. The van der Waals surface area contributed by atoms with Gasteiger partial charge >= 0.3 is 11.9 Å². The first-order chi connectivity index (χ1) is 14.0. The van der Waals surface area contributed by atoms with Gasteiger partial charge in [-0.1, -0.05) is 42.5 Å². The first-order valence-electron chi connectivity index (χ1n) is 8.79. The van der Waals surface area contributed by atoms with Gasteiger partial charge in [-0.3, -0.25) is 9.55 Å². The number of para-hydroxylation sites is 2. The van der Waals surface area contributed by atoms with Gasteiger partial charge in [0.25, 0.3) is 0 Å². The van der Waals surface area contributed by atoms with Gasteiger partial charge in [0.05, 0.1) is 16.6 Å². The van der Waals surface area contributed by atoms with Crippen molar-refractivity contribution in [1.82, 2.24) is 14.5 Å². The molecule has 0 saturated heterocycles. The highest BCUT2D eigenvalue weighted by molar-refractivity contribution is 5.97. The van der Waals surface area contributed by atoms with Gasteiger partial charge in [-0.2, -0.15) is 18.2 Å². The van der Waals surface area contributed by atoms with Crippen molar-refractivity contribution in [3.63, 3.8) is 0 Å². The molecule has 3 heterocycles. The van der Waals surface area contributed by atoms with E-state index in [0.29, 0.717) is 11.1 Å². The third-order valence-electron chi connectivity index (χ3n) is 4.76. The number of benzene rings is 2. The Balaban J connectivity index is 1.89. The normalized spacial score (nSPS) is 18.8. The fourth-order valence-electron chi connectivity index (χ4n) is 3.51. The zero-order valence-electron chi connectivity index (χ0n) is 14.8. The Morgan fingerprint density at radius 1 is 0.897 bits per heavy atom. The zero-order chi connectivity index (χ0) is 20.1. The average molecular weight is 394 g/mol. The molecule has 1 atom stereocenters. The van der Waals surface area contributed by atoms with Gasteiger partial charge < -0.3 is 4.74 Å². The molecule has 29 heavy (non-hydrogen) atoms. The molecule has 0 N–H and O–H groups in total. The molecule has 0 bridgehead atoms. The molecule has 144 valence electrons. The van der Waals surface area contributed by atoms with Crippen molar-refractivity contribution in [3.8, 4) is 0 Å². The van der Waals surface area contributed by atoms with Crippen molar-refractivity contribution >= 4 is 22.9 Å². The number of hydrogen-bond acceptors (Lipinski definition) is 4. The molecule has 1 aliphatic heterocycles. The van der Waals surface area contributed by atoms with Crippen LogP contribution in [-0.4, -0.2) is 26.6 Å². The molecule has 0 radical (unpaired) electrons. The molecule has 5 rings (SSSR count). The molecular formula is C21H13F3N4O. The van der Waals surface area contributed by atoms with Crippen molar-refractivity contribution in [2.75, 3.05) is 0 Å². The number of alkyl halides is 3. The van der Waals surface area contributed by atoms with Crippen LogP contribution in [0.15, 0.2) is 84.1 Å². The molecule has 0 saturated carbocycles. The van der Waals surface area contributed by atoms with E-state index >= 15 is 0 Å². The van der Waals surface area contributed by atoms with Gasteiger partial charge in [0, 0.05) is 18.0 Å². The van der Waals surface area contributed by atoms with Gasteiger partial charge in [0.15, 0.2) is 0 Å². The summed E-state index contributed by atoms with van der Waals surface area (Å²) in [4.78, 5) is 12.6. The van der Waals surface area contributed by atoms with Gasteiger partial charge in [-0.25, -0.2) is 4.98 Å². The highest BCUT2D eigenvalue weighted by atomic mass is 19.4. The van der Waals surface area contributed by atoms with Gasteiger partial charge in [0.2, 0.25) is 11.8 Å². The molecule has 0 fully saturated rings. The molecular weight excluding hydrogens is 381 g/mol. The van der Waals surface area contributed by atoms with Gasteiger partial charge in [-0.15, -0.1) is 0 Å². The van der Waals surface area contributed by atoms with Crippen LogP contribution in [0, 0.1) is 0 Å². The molecule has 2 aromatic heterocycles. The summed E-state index contributed by atoms with van der Waals surface area (Å²) in [6.07, 6.45) is -1.88. The topological polar surface area (TPSA) is 52.3 Å². The lowest BCUT2D eigenvalue weighted by Crippen LogP contribution is -2.53. The van der Waals surface area contributed by atoms with Crippen LogP contribution in [0.3, 0.4) is 0 Å². The Morgan fingerprint density at radius 2 is 1.66 bits per heavy atom. The molecule has 0 unspecified atom stereocenters. The van der Waals surface area contributed by atoms with Gasteiger partial charge in [-0.05, 0) is 24.3 Å². The number of aliphatic imine (C=N–C) groups is 1. The van der Waals surface area contributed by atoms with Crippen LogP contribution in [0.1, 0.15) is 11.1 Å². The van der Waals surface area contributed by atoms with Crippen LogP contribution in [0.5, 0.6) is 0 Å². The number of hydrogen-bond donors (Lipinski definition) is 0. The summed E-state index contributed by atoms with van der Waals surface area (Å²) in [5.41, 5.74) is -1.90. The largest absolute Gasteiger partial charge is 0.454 e. The Bertz CT molecular complexity index is 1220. The van der Waals surface area contributed by atoms with Crippen molar-refractivity contribution in [1.29, 1.82) is 0 Å². The average Bonchev–Trinajstić information content (AvgIpc) is 3.12. The Labute approximate surface area is 163 Å². The smallest absolute Gasteiger partial charge is 0.436 e. The van der Waals surface area contributed by atoms with Crippen LogP contribution < -0.4 is 0 Å². The van der Waals surface area contributed by atoms with E-state index in [2.05, 4.69) is 15.0 Å². The van der Waals surface area contributed by atoms with Crippen LogP contribution in [0.4, 0.5) is 19.1 Å². The third-order valence-corrected chi connectivity index (χ3v) is 4.76. The summed E-state index contributed by atoms with van der Waals surface area (Å²) in [6, 6.07) is 17.3. The first-order valence-corrected chi connectivity index (χ1v) is 8.79. The maximum Gasteiger partial charge on any atom is 0.454 e. The van der Waals surface area contributed by atoms with Crippen molar-refractivity contribution < 1.29 is 17.9 Å². The van der Waals surface area contributed by atoms with E-state index in [1.165, 1.54) is 24.5 Å². The lowest BCUT2D eigenvalue weighted by Gasteiger charge is -2.40. The Hall–Kier alpha value is -3.68. The van der Waals surface area contributed by atoms with Crippen molar-refractivity contribution in [2.45, 2.75) is 11.9 Å². The number of aromatic nitrogens is 3. The fourth-order valence-corrected chi connectivity index (χ4v) is 3.51. The minimum atomic E-state index is -4.81. The summed E-state index contributed by atoms with van der Waals surface area (Å²) in [7, 11) is 0. The maximum absolute atomic E-state index is 14.8. The van der Waals surface area contributed by atoms with Crippen molar-refractivity contribution in [2.24, 2.45) is 4.99 Å². The predicted molar refractivity (Wildman–Crippen MR) is 101 cm³/mol. The molecule has 0 spiro atoms.